The number of benzene rings is 3. The monoisotopic (exact) mass is 522 g/mol. The van der Waals surface area contributed by atoms with Crippen molar-refractivity contribution < 1.29 is 33.4 Å². The van der Waals surface area contributed by atoms with Gasteiger partial charge in [0.15, 0.2) is 0 Å². The van der Waals surface area contributed by atoms with Crippen LogP contribution >= 0.6 is 7.75 Å². The van der Waals surface area contributed by atoms with E-state index in [4.69, 9.17) is 13.8 Å². The molecule has 0 aliphatic rings. The molecule has 0 aliphatic carbocycles. The summed E-state index contributed by atoms with van der Waals surface area (Å²) in [5.74, 6) is -0.282. The van der Waals surface area contributed by atoms with Crippen molar-refractivity contribution in [3.05, 3.63) is 95.8 Å². The van der Waals surface area contributed by atoms with Gasteiger partial charge in [-0.05, 0) is 48.9 Å². The number of carbonyl (C=O) groups is 1. The van der Waals surface area contributed by atoms with Crippen LogP contribution in [-0.2, 0) is 27.1 Å². The number of aryl methyl sites for hydroxylation is 1. The number of rotatable bonds is 10. The fourth-order valence-electron chi connectivity index (χ4n) is 3.57. The van der Waals surface area contributed by atoms with Gasteiger partial charge in [-0.15, -0.1) is 0 Å². The number of fused-ring (bicyclic) bond motifs is 1. The van der Waals surface area contributed by atoms with Gasteiger partial charge in [-0.25, -0.2) is 9.36 Å². The Kier molecular flexibility index (Phi) is 8.21. The Morgan fingerprint density at radius 3 is 2.46 bits per heavy atom. The molecule has 0 bridgehead atoms. The summed E-state index contributed by atoms with van der Waals surface area (Å²) < 4.78 is 30.5. The number of aromatic nitrogens is 1. The van der Waals surface area contributed by atoms with E-state index >= 15 is 0 Å². The quantitative estimate of drug-likeness (QED) is 0.149. The van der Waals surface area contributed by atoms with Crippen molar-refractivity contribution in [2.24, 2.45) is 0 Å². The lowest BCUT2D eigenvalue weighted by atomic mass is 10.1. The number of aromatic hydroxyl groups is 1. The van der Waals surface area contributed by atoms with E-state index in [0.29, 0.717) is 17.0 Å². The number of para-hydroxylation sites is 1. The molecular weight excluding hydrogens is 495 g/mol. The Morgan fingerprint density at radius 2 is 1.73 bits per heavy atom. The Balaban J connectivity index is 1.52. The molecule has 37 heavy (non-hydrogen) atoms. The van der Waals surface area contributed by atoms with Crippen LogP contribution in [-0.4, -0.2) is 27.2 Å². The molecule has 3 aromatic carbocycles. The van der Waals surface area contributed by atoms with Gasteiger partial charge in [0.25, 0.3) is 0 Å². The average Bonchev–Trinajstić information content (AvgIpc) is 2.89. The van der Waals surface area contributed by atoms with Crippen LogP contribution in [0.3, 0.4) is 0 Å². The maximum atomic E-state index is 13.7. The Labute approximate surface area is 214 Å². The third-order valence-electron chi connectivity index (χ3n) is 5.59. The highest BCUT2D eigenvalue weighted by Gasteiger charge is 2.33. The summed E-state index contributed by atoms with van der Waals surface area (Å²) >= 11 is 0. The second-order valence-electron chi connectivity index (χ2n) is 8.31. The number of nitrogens with one attached hydrogen (secondary N) is 1. The van der Waals surface area contributed by atoms with Gasteiger partial charge in [-0.3, -0.25) is 9.51 Å². The molecule has 9 nitrogen and oxygen atoms in total. The summed E-state index contributed by atoms with van der Waals surface area (Å²) in [5.41, 5.74) is 0.845. The molecule has 10 heteroatoms. The molecule has 0 aliphatic heterocycles. The maximum absolute atomic E-state index is 13.7. The number of nitrogens with zero attached hydrogens (tertiary/aromatic N) is 1. The van der Waals surface area contributed by atoms with Gasteiger partial charge in [0, 0.05) is 17.3 Å². The molecule has 0 spiro atoms. The summed E-state index contributed by atoms with van der Waals surface area (Å²) in [6.45, 7) is 2.28. The second-order valence-corrected chi connectivity index (χ2v) is 10.0. The smallest absolute Gasteiger partial charge is 0.459 e. The fourth-order valence-corrected chi connectivity index (χ4v) is 5.04. The Hall–Kier alpha value is -3.75. The molecule has 1 unspecified atom stereocenters. The fraction of sp³-hybridized carbons (Fsp3) is 0.185. The normalized spacial score (nSPS) is 13.6. The zero-order chi connectivity index (χ0) is 26.4. The largest absolute Gasteiger partial charge is 0.506 e. The van der Waals surface area contributed by atoms with E-state index in [1.807, 2.05) is 30.3 Å². The molecule has 4 rings (SSSR count). The average molecular weight is 522 g/mol. The molecule has 3 N–H and O–H groups in total. The van der Waals surface area contributed by atoms with Crippen LogP contribution in [0.4, 0.5) is 0 Å². The molecule has 0 fully saturated rings. The van der Waals surface area contributed by atoms with E-state index < -0.39 is 26.4 Å². The molecule has 4 aromatic rings. The van der Waals surface area contributed by atoms with Crippen LogP contribution in [0.2, 0.25) is 0 Å². The molecule has 1 aromatic heterocycles. The van der Waals surface area contributed by atoms with Crippen LogP contribution in [0, 0.1) is 6.92 Å². The molecule has 0 amide bonds. The minimum absolute atomic E-state index is 0.178. The van der Waals surface area contributed by atoms with Gasteiger partial charge >= 0.3 is 13.7 Å². The summed E-state index contributed by atoms with van der Waals surface area (Å²) in [4.78, 5) is 16.9. The number of aliphatic hydroxyl groups excluding tert-OH is 1. The number of carbonyl (C=O) groups excluding carboxylic acids is 1. The van der Waals surface area contributed by atoms with Gasteiger partial charge in [0.1, 0.15) is 23.3 Å². The standard InChI is InChI=1S/C27H27N2O7P/c1-18-26(31)25(16-30)22(15-28-18)17-34-37(33,36-23-10-4-3-5-11-23)29-19(2)27(32)35-24-13-12-20-8-6-7-9-21(20)14-24/h3-15,19,30-31H,16-17H2,1-2H3,(H,29,33)/t19-,37?/m0/s1. The van der Waals surface area contributed by atoms with Gasteiger partial charge in [-0.1, -0.05) is 48.5 Å². The summed E-state index contributed by atoms with van der Waals surface area (Å²) in [6.07, 6.45) is 1.41. The highest BCUT2D eigenvalue weighted by Crippen LogP contribution is 2.46. The SMILES string of the molecule is Cc1ncc(COP(=O)(N[C@@H](C)C(=O)Oc2ccc3ccccc3c2)Oc2ccccc2)c(CO)c1O. The highest BCUT2D eigenvalue weighted by molar-refractivity contribution is 7.52. The lowest BCUT2D eigenvalue weighted by Gasteiger charge is -2.23. The molecular formula is C27H27N2O7P. The molecule has 0 saturated carbocycles. The zero-order valence-corrected chi connectivity index (χ0v) is 21.2. The van der Waals surface area contributed by atoms with Crippen molar-refractivity contribution in [3.8, 4) is 17.2 Å². The van der Waals surface area contributed by atoms with Gasteiger partial charge < -0.3 is 19.5 Å². The zero-order valence-electron chi connectivity index (χ0n) is 20.3. The lowest BCUT2D eigenvalue weighted by molar-refractivity contribution is -0.135. The molecule has 1 heterocycles. The van der Waals surface area contributed by atoms with Crippen LogP contribution in [0.25, 0.3) is 10.8 Å². The van der Waals surface area contributed by atoms with Crippen molar-refractivity contribution in [1.82, 2.24) is 10.1 Å². The van der Waals surface area contributed by atoms with Gasteiger partial charge in [-0.2, -0.15) is 5.09 Å². The van der Waals surface area contributed by atoms with Crippen LogP contribution in [0.1, 0.15) is 23.7 Å². The topological polar surface area (TPSA) is 127 Å². The van der Waals surface area contributed by atoms with Crippen molar-refractivity contribution in [2.45, 2.75) is 33.1 Å². The predicted octanol–water partition coefficient (Wildman–Crippen LogP) is 5.03. The third-order valence-corrected chi connectivity index (χ3v) is 7.22. The van der Waals surface area contributed by atoms with Gasteiger partial charge in [0.2, 0.25) is 0 Å². The van der Waals surface area contributed by atoms with Crippen molar-refractivity contribution in [1.29, 1.82) is 0 Å². The van der Waals surface area contributed by atoms with Crippen LogP contribution in [0.15, 0.2) is 79.0 Å². The Morgan fingerprint density at radius 1 is 1.03 bits per heavy atom. The van der Waals surface area contributed by atoms with Crippen molar-refractivity contribution >= 4 is 24.5 Å². The first-order valence-corrected chi connectivity index (χ1v) is 13.1. The molecule has 2 atom stereocenters. The molecule has 0 radical (unpaired) electrons. The number of aliphatic hydroxyl groups is 1. The first-order valence-electron chi connectivity index (χ1n) is 11.5. The van der Waals surface area contributed by atoms with Crippen molar-refractivity contribution in [3.63, 3.8) is 0 Å². The third kappa shape index (κ3) is 6.53. The van der Waals surface area contributed by atoms with E-state index in [9.17, 15) is 19.6 Å². The van der Waals surface area contributed by atoms with Gasteiger partial charge in [0.05, 0.1) is 18.9 Å². The highest BCUT2D eigenvalue weighted by atomic mass is 31.2. The summed E-state index contributed by atoms with van der Waals surface area (Å²) in [7, 11) is -4.16. The van der Waals surface area contributed by atoms with E-state index in [2.05, 4.69) is 10.1 Å². The van der Waals surface area contributed by atoms with Crippen LogP contribution in [0.5, 0.6) is 17.2 Å². The number of ether oxygens (including phenoxy) is 1. The number of hydrogen-bond acceptors (Lipinski definition) is 8. The second kappa shape index (κ2) is 11.5. The number of hydrogen-bond donors (Lipinski definition) is 3. The molecule has 0 saturated heterocycles. The maximum Gasteiger partial charge on any atom is 0.459 e. The first kappa shape index (κ1) is 26.3. The van der Waals surface area contributed by atoms with E-state index in [-0.39, 0.29) is 23.7 Å². The van der Waals surface area contributed by atoms with E-state index in [0.717, 1.165) is 10.8 Å². The van der Waals surface area contributed by atoms with Crippen LogP contribution < -0.4 is 14.3 Å². The van der Waals surface area contributed by atoms with E-state index in [1.165, 1.54) is 13.1 Å². The summed E-state index contributed by atoms with van der Waals surface area (Å²) in [5, 5.41) is 24.4. The number of esters is 1. The minimum Gasteiger partial charge on any atom is -0.506 e. The number of pyridine rings is 1. The Bertz CT molecular complexity index is 1450. The minimum atomic E-state index is -4.16. The summed E-state index contributed by atoms with van der Waals surface area (Å²) in [6, 6.07) is 20.2. The van der Waals surface area contributed by atoms with E-state index in [1.54, 1.807) is 49.4 Å². The van der Waals surface area contributed by atoms with Crippen molar-refractivity contribution in [2.75, 3.05) is 0 Å². The first-order chi connectivity index (χ1) is 17.8. The predicted molar refractivity (Wildman–Crippen MR) is 138 cm³/mol. The molecule has 192 valence electrons. The lowest BCUT2D eigenvalue weighted by Crippen LogP contribution is -2.36.